The Morgan fingerprint density at radius 2 is 2.14 bits per heavy atom. The van der Waals surface area contributed by atoms with Gasteiger partial charge in [-0.15, -0.1) is 11.8 Å². The molecular weight excluding hydrogens is 498 g/mol. The fourth-order valence-electron chi connectivity index (χ4n) is 5.06. The molecule has 4 rings (SSSR count). The van der Waals surface area contributed by atoms with Crippen LogP contribution in [0.5, 0.6) is 5.75 Å². The summed E-state index contributed by atoms with van der Waals surface area (Å²) in [6, 6.07) is 11.4. The predicted octanol–water partition coefficient (Wildman–Crippen LogP) is 5.31. The Labute approximate surface area is 220 Å². The maximum absolute atomic E-state index is 11.6. The standard InChI is InChI=1S/C27H32ClN3O4S/c1-35-20-6-7-23-21(15-20)27(22(28)16-30-23)24(32)8-5-18-9-11-31(17-19(18)14-26(33)34)12-13-36-25-4-2-3-10-29-25/h2-4,6-7,10,15-16,18-19,24,32H,5,8-9,11-14,17H2,1H3,(H,33,34). The van der Waals surface area contributed by atoms with E-state index in [1.54, 1.807) is 31.3 Å². The Balaban J connectivity index is 1.38. The Bertz CT molecular complexity index is 1170. The molecule has 0 spiro atoms. The third kappa shape index (κ3) is 6.88. The van der Waals surface area contributed by atoms with E-state index in [2.05, 4.69) is 14.9 Å². The molecule has 3 atom stereocenters. The number of hydrogen-bond donors (Lipinski definition) is 2. The van der Waals surface area contributed by atoms with Crippen molar-refractivity contribution in [1.82, 2.24) is 14.9 Å². The number of rotatable bonds is 11. The van der Waals surface area contributed by atoms with Crippen LogP contribution in [-0.2, 0) is 4.79 Å². The van der Waals surface area contributed by atoms with Gasteiger partial charge in [-0.25, -0.2) is 4.98 Å². The number of pyridine rings is 2. The van der Waals surface area contributed by atoms with Crippen molar-refractivity contribution in [2.45, 2.75) is 36.8 Å². The molecule has 0 saturated carbocycles. The van der Waals surface area contributed by atoms with Gasteiger partial charge in [-0.2, -0.15) is 0 Å². The Morgan fingerprint density at radius 1 is 1.28 bits per heavy atom. The number of methoxy groups -OCH3 is 1. The SMILES string of the molecule is COc1ccc2ncc(Cl)c(C(O)CCC3CCN(CCSc4ccccn4)CC3CC(=O)O)c2c1. The molecule has 0 bridgehead atoms. The van der Waals surface area contributed by atoms with E-state index in [1.165, 1.54) is 0 Å². The number of benzene rings is 1. The van der Waals surface area contributed by atoms with E-state index in [-0.39, 0.29) is 18.3 Å². The number of fused-ring (bicyclic) bond motifs is 1. The number of piperidine rings is 1. The summed E-state index contributed by atoms with van der Waals surface area (Å²) in [4.78, 5) is 22.7. The van der Waals surface area contributed by atoms with Gasteiger partial charge in [-0.05, 0) is 68.0 Å². The molecule has 0 amide bonds. The van der Waals surface area contributed by atoms with Gasteiger partial charge in [0.2, 0.25) is 0 Å². The van der Waals surface area contributed by atoms with E-state index in [9.17, 15) is 15.0 Å². The summed E-state index contributed by atoms with van der Waals surface area (Å²) in [6.45, 7) is 2.58. The highest BCUT2D eigenvalue weighted by Crippen LogP contribution is 2.37. The van der Waals surface area contributed by atoms with Gasteiger partial charge in [0.05, 0.1) is 28.8 Å². The molecule has 3 heterocycles. The number of carboxylic acid groups (broad SMARTS) is 1. The summed E-state index contributed by atoms with van der Waals surface area (Å²) in [7, 11) is 1.60. The Kier molecular flexibility index (Phi) is 9.42. The zero-order chi connectivity index (χ0) is 25.5. The molecule has 192 valence electrons. The van der Waals surface area contributed by atoms with Gasteiger partial charge in [-0.1, -0.05) is 17.7 Å². The lowest BCUT2D eigenvalue weighted by Gasteiger charge is -2.38. The van der Waals surface area contributed by atoms with Crippen LogP contribution in [0.1, 0.15) is 37.4 Å². The lowest BCUT2D eigenvalue weighted by molar-refractivity contribution is -0.139. The van der Waals surface area contributed by atoms with Crippen LogP contribution >= 0.6 is 23.4 Å². The summed E-state index contributed by atoms with van der Waals surface area (Å²) < 4.78 is 5.35. The molecule has 3 aromatic rings. The highest BCUT2D eigenvalue weighted by molar-refractivity contribution is 7.99. The summed E-state index contributed by atoms with van der Waals surface area (Å²) in [6.07, 6.45) is 4.89. The third-order valence-electron chi connectivity index (χ3n) is 6.92. The Hall–Kier alpha value is -2.39. The van der Waals surface area contributed by atoms with Crippen molar-refractivity contribution in [2.75, 3.05) is 32.5 Å². The molecule has 1 aliphatic rings. The molecule has 1 saturated heterocycles. The molecule has 1 aliphatic heterocycles. The molecule has 9 heteroatoms. The molecule has 1 fully saturated rings. The maximum atomic E-state index is 11.6. The van der Waals surface area contributed by atoms with Crippen LogP contribution in [0.4, 0.5) is 0 Å². The molecule has 2 aromatic heterocycles. The second-order valence-corrected chi connectivity index (χ2v) is 10.7. The van der Waals surface area contributed by atoms with Gasteiger partial charge in [0.25, 0.3) is 0 Å². The molecular formula is C27H32ClN3O4S. The van der Waals surface area contributed by atoms with Crippen molar-refractivity contribution in [3.63, 3.8) is 0 Å². The maximum Gasteiger partial charge on any atom is 0.303 e. The van der Waals surface area contributed by atoms with Crippen LogP contribution in [0.15, 0.2) is 53.8 Å². The number of ether oxygens (including phenoxy) is 1. The number of aromatic nitrogens is 2. The molecule has 0 aliphatic carbocycles. The monoisotopic (exact) mass is 529 g/mol. The minimum atomic E-state index is -0.773. The molecule has 36 heavy (non-hydrogen) atoms. The Morgan fingerprint density at radius 3 is 2.89 bits per heavy atom. The van der Waals surface area contributed by atoms with Gasteiger partial charge < -0.3 is 19.8 Å². The first-order valence-corrected chi connectivity index (χ1v) is 13.6. The normalized spacial score (nSPS) is 19.3. The summed E-state index contributed by atoms with van der Waals surface area (Å²) >= 11 is 8.19. The van der Waals surface area contributed by atoms with Gasteiger partial charge in [0.15, 0.2) is 0 Å². The number of nitrogens with zero attached hydrogens (tertiary/aromatic N) is 3. The largest absolute Gasteiger partial charge is 0.497 e. The first-order valence-electron chi connectivity index (χ1n) is 12.2. The molecule has 1 aromatic carbocycles. The van der Waals surface area contributed by atoms with Crippen LogP contribution in [0.3, 0.4) is 0 Å². The smallest absolute Gasteiger partial charge is 0.303 e. The van der Waals surface area contributed by atoms with Gasteiger partial charge in [-0.3, -0.25) is 9.78 Å². The summed E-state index contributed by atoms with van der Waals surface area (Å²) in [5.41, 5.74) is 1.40. The zero-order valence-corrected chi connectivity index (χ0v) is 21.9. The van der Waals surface area contributed by atoms with E-state index < -0.39 is 12.1 Å². The highest BCUT2D eigenvalue weighted by atomic mass is 35.5. The van der Waals surface area contributed by atoms with E-state index in [4.69, 9.17) is 16.3 Å². The number of carboxylic acids is 1. The minimum Gasteiger partial charge on any atom is -0.497 e. The van der Waals surface area contributed by atoms with Crippen molar-refractivity contribution in [1.29, 1.82) is 0 Å². The fraction of sp³-hybridized carbons (Fsp3) is 0.444. The molecule has 7 nitrogen and oxygen atoms in total. The van der Waals surface area contributed by atoms with Crippen LogP contribution < -0.4 is 4.74 Å². The first kappa shape index (κ1) is 26.7. The fourth-order valence-corrected chi connectivity index (χ4v) is 6.20. The van der Waals surface area contributed by atoms with Crippen LogP contribution in [0.25, 0.3) is 10.9 Å². The van der Waals surface area contributed by atoms with E-state index in [1.807, 2.05) is 36.4 Å². The van der Waals surface area contributed by atoms with Crippen molar-refractivity contribution in [3.05, 3.63) is 59.4 Å². The van der Waals surface area contributed by atoms with Crippen molar-refractivity contribution in [2.24, 2.45) is 11.8 Å². The predicted molar refractivity (Wildman–Crippen MR) is 143 cm³/mol. The summed E-state index contributed by atoms with van der Waals surface area (Å²) in [5, 5.41) is 22.9. The number of halogens is 1. The molecule has 0 radical (unpaired) electrons. The first-order chi connectivity index (χ1) is 17.4. The van der Waals surface area contributed by atoms with Gasteiger partial charge in [0.1, 0.15) is 5.75 Å². The van der Waals surface area contributed by atoms with Gasteiger partial charge in [0, 0.05) is 48.6 Å². The number of aliphatic hydroxyl groups excluding tert-OH is 1. The topological polar surface area (TPSA) is 95.8 Å². The number of aliphatic hydroxyl groups is 1. The van der Waals surface area contributed by atoms with E-state index in [0.717, 1.165) is 54.2 Å². The van der Waals surface area contributed by atoms with Crippen molar-refractivity contribution < 1.29 is 19.7 Å². The summed E-state index contributed by atoms with van der Waals surface area (Å²) in [5.74, 6) is 1.10. The quantitative estimate of drug-likeness (QED) is 0.323. The highest BCUT2D eigenvalue weighted by Gasteiger charge is 2.31. The third-order valence-corrected chi connectivity index (χ3v) is 8.14. The number of hydrogen-bond acceptors (Lipinski definition) is 7. The second kappa shape index (κ2) is 12.7. The lowest BCUT2D eigenvalue weighted by atomic mass is 9.79. The number of carbonyl (C=O) groups is 1. The lowest BCUT2D eigenvalue weighted by Crippen LogP contribution is -2.42. The van der Waals surface area contributed by atoms with Gasteiger partial charge >= 0.3 is 5.97 Å². The van der Waals surface area contributed by atoms with Crippen molar-refractivity contribution in [3.8, 4) is 5.75 Å². The van der Waals surface area contributed by atoms with Crippen molar-refractivity contribution >= 4 is 40.2 Å². The average molecular weight is 530 g/mol. The van der Waals surface area contributed by atoms with Crippen LogP contribution in [0.2, 0.25) is 5.02 Å². The molecule has 3 unspecified atom stereocenters. The average Bonchev–Trinajstić information content (AvgIpc) is 2.88. The zero-order valence-electron chi connectivity index (χ0n) is 20.3. The molecule has 2 N–H and O–H groups in total. The second-order valence-electron chi connectivity index (χ2n) is 9.22. The van der Waals surface area contributed by atoms with Crippen LogP contribution in [0, 0.1) is 11.8 Å². The van der Waals surface area contributed by atoms with E-state index in [0.29, 0.717) is 22.8 Å². The number of aliphatic carboxylic acids is 1. The number of likely N-dealkylation sites (tertiary alicyclic amines) is 1. The minimum absolute atomic E-state index is 0.0491. The van der Waals surface area contributed by atoms with E-state index >= 15 is 0 Å². The van der Waals surface area contributed by atoms with Crippen LogP contribution in [-0.4, -0.2) is 63.5 Å². The number of thioether (sulfide) groups is 1.